The molecule has 0 aromatic rings. The topological polar surface area (TPSA) is 58.6 Å². The van der Waals surface area contributed by atoms with Crippen LogP contribution >= 0.6 is 0 Å². The molecule has 1 rings (SSSR count). The van der Waals surface area contributed by atoms with E-state index in [0.717, 1.165) is 12.8 Å². The van der Waals surface area contributed by atoms with Gasteiger partial charge in [-0.3, -0.25) is 0 Å². The summed E-state index contributed by atoms with van der Waals surface area (Å²) in [6, 6.07) is -0.145. The number of hydrogen-bond acceptors (Lipinski definition) is 3. The lowest BCUT2D eigenvalue weighted by molar-refractivity contribution is 0.0421. The van der Waals surface area contributed by atoms with E-state index in [1.165, 1.54) is 6.42 Å². The van der Waals surface area contributed by atoms with Crippen molar-refractivity contribution in [1.29, 1.82) is 0 Å². The highest BCUT2D eigenvalue weighted by Gasteiger charge is 2.29. The monoisotopic (exact) mass is 215 g/mol. The molecule has 1 fully saturated rings. The van der Waals surface area contributed by atoms with Crippen molar-refractivity contribution in [3.63, 3.8) is 0 Å². The van der Waals surface area contributed by atoms with Crippen LogP contribution in [0.25, 0.3) is 0 Å². The number of hydrogen-bond donors (Lipinski definition) is 2. The first-order valence-corrected chi connectivity index (χ1v) is 5.53. The molecule has 1 aliphatic carbocycles. The Hall–Kier alpha value is -0.770. The third-order valence-corrected chi connectivity index (χ3v) is 2.62. The average molecular weight is 215 g/mol. The second kappa shape index (κ2) is 4.84. The van der Waals surface area contributed by atoms with Gasteiger partial charge >= 0.3 is 6.09 Å². The van der Waals surface area contributed by atoms with Crippen molar-refractivity contribution >= 4 is 6.09 Å². The number of carbonyl (C=O) groups excluding carboxylic acids is 1. The van der Waals surface area contributed by atoms with Gasteiger partial charge in [-0.05, 0) is 39.5 Å². The molecule has 88 valence electrons. The van der Waals surface area contributed by atoms with E-state index in [1.54, 1.807) is 0 Å². The molecule has 0 unspecified atom stereocenters. The summed E-state index contributed by atoms with van der Waals surface area (Å²) in [6.07, 6.45) is 2.92. The minimum Gasteiger partial charge on any atom is -0.444 e. The fourth-order valence-electron chi connectivity index (χ4n) is 1.61. The van der Waals surface area contributed by atoms with Gasteiger partial charge < -0.3 is 15.2 Å². The first-order valence-electron chi connectivity index (χ1n) is 5.53. The minimum absolute atomic E-state index is 0.0100. The van der Waals surface area contributed by atoms with Crippen LogP contribution in [0.3, 0.4) is 0 Å². The summed E-state index contributed by atoms with van der Waals surface area (Å²) in [6.45, 7) is 5.46. The highest BCUT2D eigenvalue weighted by molar-refractivity contribution is 5.68. The van der Waals surface area contributed by atoms with Crippen LogP contribution in [0.1, 0.15) is 40.0 Å². The molecule has 1 saturated carbocycles. The molecule has 0 aliphatic heterocycles. The van der Waals surface area contributed by atoms with Gasteiger partial charge in [-0.15, -0.1) is 0 Å². The van der Waals surface area contributed by atoms with Gasteiger partial charge in [0.15, 0.2) is 0 Å². The Labute approximate surface area is 91.0 Å². The van der Waals surface area contributed by atoms with Gasteiger partial charge in [-0.2, -0.15) is 0 Å². The van der Waals surface area contributed by atoms with Gasteiger partial charge in [0.05, 0.1) is 12.6 Å². The Morgan fingerprint density at radius 2 is 2.13 bits per heavy atom. The van der Waals surface area contributed by atoms with E-state index in [-0.39, 0.29) is 12.6 Å². The van der Waals surface area contributed by atoms with Crippen LogP contribution in [-0.2, 0) is 4.74 Å². The molecule has 4 heteroatoms. The summed E-state index contributed by atoms with van der Waals surface area (Å²) in [7, 11) is 0. The summed E-state index contributed by atoms with van der Waals surface area (Å²) in [5, 5.41) is 11.9. The second-order valence-corrected chi connectivity index (χ2v) is 5.13. The molecule has 0 saturated heterocycles. The van der Waals surface area contributed by atoms with Gasteiger partial charge in [-0.1, -0.05) is 6.42 Å². The van der Waals surface area contributed by atoms with Gasteiger partial charge in [0.1, 0.15) is 5.60 Å². The van der Waals surface area contributed by atoms with E-state index in [0.29, 0.717) is 5.92 Å². The number of aliphatic hydroxyl groups excluding tert-OH is 1. The van der Waals surface area contributed by atoms with Crippen LogP contribution in [0.5, 0.6) is 0 Å². The average Bonchev–Trinajstić information content (AvgIpc) is 1.95. The van der Waals surface area contributed by atoms with Crippen LogP contribution in [0, 0.1) is 5.92 Å². The first kappa shape index (κ1) is 12.3. The smallest absolute Gasteiger partial charge is 0.407 e. The zero-order valence-electron chi connectivity index (χ0n) is 9.75. The Morgan fingerprint density at radius 1 is 1.53 bits per heavy atom. The van der Waals surface area contributed by atoms with Crippen molar-refractivity contribution in [3.8, 4) is 0 Å². The third kappa shape index (κ3) is 4.08. The van der Waals surface area contributed by atoms with Crippen LogP contribution in [0.4, 0.5) is 4.79 Å². The quantitative estimate of drug-likeness (QED) is 0.753. The lowest BCUT2D eigenvalue weighted by Gasteiger charge is -2.33. The molecule has 0 radical (unpaired) electrons. The summed E-state index contributed by atoms with van der Waals surface area (Å²) in [5.41, 5.74) is -0.482. The summed E-state index contributed by atoms with van der Waals surface area (Å²) in [4.78, 5) is 11.4. The van der Waals surface area contributed by atoms with Gasteiger partial charge in [0.25, 0.3) is 0 Å². The van der Waals surface area contributed by atoms with E-state index < -0.39 is 11.7 Å². The number of rotatable bonds is 3. The molecular weight excluding hydrogens is 194 g/mol. The van der Waals surface area contributed by atoms with Crippen LogP contribution in [0.15, 0.2) is 0 Å². The largest absolute Gasteiger partial charge is 0.444 e. The molecule has 15 heavy (non-hydrogen) atoms. The predicted molar refractivity (Wildman–Crippen MR) is 57.6 cm³/mol. The minimum atomic E-state index is -0.482. The van der Waals surface area contributed by atoms with Crippen LogP contribution < -0.4 is 5.32 Å². The first-order chi connectivity index (χ1) is 6.92. The van der Waals surface area contributed by atoms with E-state index in [9.17, 15) is 4.79 Å². The van der Waals surface area contributed by atoms with Gasteiger partial charge in [0, 0.05) is 0 Å². The molecule has 4 nitrogen and oxygen atoms in total. The molecule has 0 spiro atoms. The normalized spacial score (nSPS) is 19.2. The maximum Gasteiger partial charge on any atom is 0.407 e. The fraction of sp³-hybridized carbons (Fsp3) is 0.909. The zero-order chi connectivity index (χ0) is 11.5. The van der Waals surface area contributed by atoms with Crippen molar-refractivity contribution in [2.45, 2.75) is 51.7 Å². The van der Waals surface area contributed by atoms with Crippen molar-refractivity contribution < 1.29 is 14.6 Å². The van der Waals surface area contributed by atoms with E-state index >= 15 is 0 Å². The van der Waals surface area contributed by atoms with E-state index in [2.05, 4.69) is 5.32 Å². The molecule has 2 N–H and O–H groups in total. The molecule has 0 bridgehead atoms. The maximum atomic E-state index is 11.4. The maximum absolute atomic E-state index is 11.4. The molecule has 0 aromatic carbocycles. The highest BCUT2D eigenvalue weighted by atomic mass is 16.6. The Bertz CT molecular complexity index is 218. The Balaban J connectivity index is 2.34. The van der Waals surface area contributed by atoms with E-state index in [4.69, 9.17) is 9.84 Å². The van der Waals surface area contributed by atoms with Gasteiger partial charge in [0.2, 0.25) is 0 Å². The number of carbonyl (C=O) groups is 1. The van der Waals surface area contributed by atoms with Crippen molar-refractivity contribution in [2.75, 3.05) is 6.61 Å². The second-order valence-electron chi connectivity index (χ2n) is 5.13. The Kier molecular flexibility index (Phi) is 3.97. The summed E-state index contributed by atoms with van der Waals surface area (Å²) in [5.74, 6) is 0.419. The van der Waals surface area contributed by atoms with Crippen LogP contribution in [-0.4, -0.2) is 29.4 Å². The van der Waals surface area contributed by atoms with Crippen molar-refractivity contribution in [2.24, 2.45) is 5.92 Å². The third-order valence-electron chi connectivity index (χ3n) is 2.62. The van der Waals surface area contributed by atoms with Crippen molar-refractivity contribution in [1.82, 2.24) is 5.32 Å². The lowest BCUT2D eigenvalue weighted by Crippen LogP contribution is -2.47. The molecular formula is C11H21NO3. The number of nitrogens with one attached hydrogen (secondary N) is 1. The van der Waals surface area contributed by atoms with Gasteiger partial charge in [-0.25, -0.2) is 4.79 Å². The standard InChI is InChI=1S/C11H21NO3/c1-11(2,3)15-10(14)12-9(7-13)8-5-4-6-8/h8-9,13H,4-7H2,1-3H3,(H,12,14)/t9-/m1/s1. The van der Waals surface area contributed by atoms with Crippen molar-refractivity contribution in [3.05, 3.63) is 0 Å². The van der Waals surface area contributed by atoms with Crippen LogP contribution in [0.2, 0.25) is 0 Å². The number of alkyl carbamates (subject to hydrolysis) is 1. The highest BCUT2D eigenvalue weighted by Crippen LogP contribution is 2.29. The molecule has 0 heterocycles. The SMILES string of the molecule is CC(C)(C)OC(=O)N[C@H](CO)C1CCC1. The number of amides is 1. The Morgan fingerprint density at radius 3 is 2.47 bits per heavy atom. The molecule has 0 aromatic heterocycles. The summed E-state index contributed by atoms with van der Waals surface area (Å²) >= 11 is 0. The lowest BCUT2D eigenvalue weighted by atomic mass is 9.80. The fourth-order valence-corrected chi connectivity index (χ4v) is 1.61. The molecule has 1 amide bonds. The molecule has 1 atom stereocenters. The predicted octanol–water partition coefficient (Wildman–Crippen LogP) is 1.67. The molecule has 1 aliphatic rings. The number of ether oxygens (including phenoxy) is 1. The van der Waals surface area contributed by atoms with E-state index in [1.807, 2.05) is 20.8 Å². The number of aliphatic hydroxyl groups is 1. The summed E-state index contributed by atoms with van der Waals surface area (Å²) < 4.78 is 5.13. The zero-order valence-corrected chi connectivity index (χ0v) is 9.75.